The predicted octanol–water partition coefficient (Wildman–Crippen LogP) is 1.85. The van der Waals surface area contributed by atoms with Crippen LogP contribution in [0.1, 0.15) is 10.5 Å². The Balaban J connectivity index is 1.57. The summed E-state index contributed by atoms with van der Waals surface area (Å²) in [4.78, 5) is 24.2. The van der Waals surface area contributed by atoms with E-state index in [-0.39, 0.29) is 5.91 Å². The molecule has 0 spiro atoms. The maximum absolute atomic E-state index is 12.6. The fraction of sp³-hybridized carbons (Fsp3) is 0.467. The largest absolute Gasteiger partial charge is 0.337 e. The van der Waals surface area contributed by atoms with Gasteiger partial charge in [-0.15, -0.1) is 0 Å². The van der Waals surface area contributed by atoms with Crippen LogP contribution in [0.25, 0.3) is 11.0 Å². The smallest absolute Gasteiger partial charge is 0.270 e. The average molecular weight is 305 g/mol. The first-order chi connectivity index (χ1) is 10.1. The summed E-state index contributed by atoms with van der Waals surface area (Å²) in [5.41, 5.74) is 1.28. The molecule has 2 aromatic heterocycles. The monoisotopic (exact) mass is 304 g/mol. The van der Waals surface area contributed by atoms with E-state index in [1.807, 2.05) is 17.0 Å². The molecule has 2 saturated heterocycles. The van der Waals surface area contributed by atoms with Crippen molar-refractivity contribution in [3.05, 3.63) is 29.0 Å². The summed E-state index contributed by atoms with van der Waals surface area (Å²) in [7, 11) is 2.15. The van der Waals surface area contributed by atoms with Crippen LogP contribution in [0.5, 0.6) is 0 Å². The van der Waals surface area contributed by atoms with Crippen LogP contribution in [0.4, 0.5) is 0 Å². The molecule has 6 heteroatoms. The number of halogens is 1. The molecule has 2 aromatic rings. The number of carbonyl (C=O) groups excluding carboxylic acids is 1. The zero-order chi connectivity index (χ0) is 14.6. The van der Waals surface area contributed by atoms with Crippen molar-refractivity contribution in [3.8, 4) is 0 Å². The van der Waals surface area contributed by atoms with E-state index in [1.165, 1.54) is 0 Å². The van der Waals surface area contributed by atoms with E-state index in [1.54, 1.807) is 6.07 Å². The van der Waals surface area contributed by atoms with Gasteiger partial charge in [0.25, 0.3) is 5.91 Å². The van der Waals surface area contributed by atoms with E-state index in [9.17, 15) is 4.79 Å². The molecule has 0 unspecified atom stereocenters. The summed E-state index contributed by atoms with van der Waals surface area (Å²) in [5.74, 6) is 1.31. The first-order valence-corrected chi connectivity index (χ1v) is 7.61. The van der Waals surface area contributed by atoms with Gasteiger partial charge in [0.1, 0.15) is 16.5 Å². The molecule has 2 fully saturated rings. The third kappa shape index (κ3) is 2.21. The summed E-state index contributed by atoms with van der Waals surface area (Å²) in [6.45, 7) is 3.91. The van der Waals surface area contributed by atoms with Crippen LogP contribution in [-0.2, 0) is 0 Å². The van der Waals surface area contributed by atoms with Gasteiger partial charge in [-0.05, 0) is 37.1 Å². The topological polar surface area (TPSA) is 52.2 Å². The lowest BCUT2D eigenvalue weighted by Crippen LogP contribution is -2.32. The summed E-state index contributed by atoms with van der Waals surface area (Å²) >= 11 is 5.88. The quantitative estimate of drug-likeness (QED) is 0.818. The minimum Gasteiger partial charge on any atom is -0.337 e. The van der Waals surface area contributed by atoms with Gasteiger partial charge in [0.15, 0.2) is 0 Å². The zero-order valence-electron chi connectivity index (χ0n) is 11.8. The van der Waals surface area contributed by atoms with Gasteiger partial charge in [0.05, 0.1) is 0 Å². The van der Waals surface area contributed by atoms with Gasteiger partial charge in [0, 0.05) is 31.6 Å². The summed E-state index contributed by atoms with van der Waals surface area (Å²) < 4.78 is 0. The molecule has 1 N–H and O–H groups in total. The van der Waals surface area contributed by atoms with Crippen molar-refractivity contribution in [2.24, 2.45) is 11.8 Å². The van der Waals surface area contributed by atoms with Crippen molar-refractivity contribution >= 4 is 28.5 Å². The van der Waals surface area contributed by atoms with Crippen LogP contribution in [0, 0.1) is 11.8 Å². The SMILES string of the molecule is CN1C[C@@H]2CN(C(=O)c3cc4ccc(Cl)nc4[nH]3)C[C@@H]2C1. The molecule has 2 atom stereocenters. The van der Waals surface area contributed by atoms with Crippen LogP contribution >= 0.6 is 11.6 Å². The lowest BCUT2D eigenvalue weighted by atomic mass is 10.0. The molecule has 2 aliphatic rings. The standard InChI is InChI=1S/C15H17ClN4O/c1-19-5-10-7-20(8-11(10)6-19)15(21)12-4-9-2-3-13(16)18-14(9)17-12/h2-4,10-11H,5-8H2,1H3,(H,17,18)/t10-,11+. The molecular formula is C15H17ClN4O. The van der Waals surface area contributed by atoms with Crippen molar-refractivity contribution in [3.63, 3.8) is 0 Å². The second-order valence-electron chi connectivity index (χ2n) is 6.21. The molecular weight excluding hydrogens is 288 g/mol. The molecule has 0 bridgehead atoms. The number of carbonyl (C=O) groups is 1. The Labute approximate surface area is 127 Å². The first kappa shape index (κ1) is 13.1. The van der Waals surface area contributed by atoms with Crippen molar-refractivity contribution in [1.29, 1.82) is 0 Å². The van der Waals surface area contributed by atoms with Gasteiger partial charge >= 0.3 is 0 Å². The Bertz CT molecular complexity index is 699. The third-order valence-corrected chi connectivity index (χ3v) is 4.84. The van der Waals surface area contributed by atoms with E-state index < -0.39 is 0 Å². The molecule has 0 aliphatic carbocycles. The highest BCUT2D eigenvalue weighted by atomic mass is 35.5. The zero-order valence-corrected chi connectivity index (χ0v) is 12.6. The van der Waals surface area contributed by atoms with E-state index in [0.717, 1.165) is 31.6 Å². The number of fused-ring (bicyclic) bond motifs is 2. The minimum absolute atomic E-state index is 0.0705. The van der Waals surface area contributed by atoms with Gasteiger partial charge in [-0.25, -0.2) is 4.98 Å². The van der Waals surface area contributed by atoms with Gasteiger partial charge < -0.3 is 14.8 Å². The maximum atomic E-state index is 12.6. The Kier molecular flexibility index (Phi) is 2.94. The van der Waals surface area contributed by atoms with Crippen LogP contribution in [-0.4, -0.2) is 58.9 Å². The van der Waals surface area contributed by atoms with E-state index in [2.05, 4.69) is 21.9 Å². The van der Waals surface area contributed by atoms with Crippen molar-refractivity contribution < 1.29 is 4.79 Å². The van der Waals surface area contributed by atoms with Gasteiger partial charge in [-0.3, -0.25) is 4.79 Å². The molecule has 21 heavy (non-hydrogen) atoms. The number of H-pyrrole nitrogens is 1. The van der Waals surface area contributed by atoms with Crippen molar-refractivity contribution in [1.82, 2.24) is 19.8 Å². The highest BCUT2D eigenvalue weighted by Gasteiger charge is 2.40. The number of pyridine rings is 1. The van der Waals surface area contributed by atoms with Crippen molar-refractivity contribution in [2.45, 2.75) is 0 Å². The predicted molar refractivity (Wildman–Crippen MR) is 81.5 cm³/mol. The number of nitrogens with one attached hydrogen (secondary N) is 1. The summed E-state index contributed by atoms with van der Waals surface area (Å²) in [6, 6.07) is 5.48. The second-order valence-corrected chi connectivity index (χ2v) is 6.59. The number of nitrogens with zero attached hydrogens (tertiary/aromatic N) is 3. The molecule has 4 heterocycles. The molecule has 0 saturated carbocycles. The summed E-state index contributed by atoms with van der Waals surface area (Å²) in [6.07, 6.45) is 0. The Morgan fingerprint density at radius 2 is 2.00 bits per heavy atom. The number of hydrogen-bond donors (Lipinski definition) is 1. The molecule has 110 valence electrons. The highest BCUT2D eigenvalue weighted by Crippen LogP contribution is 2.31. The number of amides is 1. The van der Waals surface area contributed by atoms with Gasteiger partial charge in [-0.2, -0.15) is 0 Å². The van der Waals surface area contributed by atoms with Crippen LogP contribution in [0.3, 0.4) is 0 Å². The number of likely N-dealkylation sites (tertiary alicyclic amines) is 2. The lowest BCUT2D eigenvalue weighted by molar-refractivity contribution is 0.0771. The number of aromatic nitrogens is 2. The number of aromatic amines is 1. The fourth-order valence-electron chi connectivity index (χ4n) is 3.66. The average Bonchev–Trinajstić information content (AvgIpc) is 3.08. The van der Waals surface area contributed by atoms with Crippen LogP contribution in [0.15, 0.2) is 18.2 Å². The Morgan fingerprint density at radius 3 is 2.71 bits per heavy atom. The van der Waals surface area contributed by atoms with Crippen molar-refractivity contribution in [2.75, 3.05) is 33.2 Å². The molecule has 2 aliphatic heterocycles. The maximum Gasteiger partial charge on any atom is 0.270 e. The Morgan fingerprint density at radius 1 is 1.29 bits per heavy atom. The highest BCUT2D eigenvalue weighted by molar-refractivity contribution is 6.29. The summed E-state index contributed by atoms with van der Waals surface area (Å²) in [5, 5.41) is 1.35. The van der Waals surface area contributed by atoms with Crippen LogP contribution in [0.2, 0.25) is 5.15 Å². The molecule has 4 rings (SSSR count). The minimum atomic E-state index is 0.0705. The molecule has 5 nitrogen and oxygen atoms in total. The third-order valence-electron chi connectivity index (χ3n) is 4.63. The lowest BCUT2D eigenvalue weighted by Gasteiger charge is -2.18. The molecule has 0 radical (unpaired) electrons. The number of rotatable bonds is 1. The van der Waals surface area contributed by atoms with Gasteiger partial charge in [-0.1, -0.05) is 11.6 Å². The second kappa shape index (κ2) is 4.71. The van der Waals surface area contributed by atoms with Gasteiger partial charge in [0.2, 0.25) is 0 Å². The van der Waals surface area contributed by atoms with E-state index in [0.29, 0.717) is 28.3 Å². The normalized spacial score (nSPS) is 25.7. The number of hydrogen-bond acceptors (Lipinski definition) is 3. The fourth-order valence-corrected chi connectivity index (χ4v) is 3.81. The van der Waals surface area contributed by atoms with E-state index in [4.69, 9.17) is 11.6 Å². The Hall–Kier alpha value is -1.59. The molecule has 1 amide bonds. The molecule has 0 aromatic carbocycles. The van der Waals surface area contributed by atoms with E-state index >= 15 is 0 Å². The first-order valence-electron chi connectivity index (χ1n) is 7.23. The van der Waals surface area contributed by atoms with Crippen LogP contribution < -0.4 is 0 Å².